The maximum Gasteiger partial charge on any atom is 0.0991 e. The van der Waals surface area contributed by atoms with Crippen LogP contribution in [0.15, 0.2) is 18.2 Å². The molecule has 1 rings (SSSR count). The van der Waals surface area contributed by atoms with Gasteiger partial charge in [0.1, 0.15) is 0 Å². The molecule has 4 nitrogen and oxygen atoms in total. The number of nitrogens with one attached hydrogen (secondary N) is 1. The maximum atomic E-state index is 9.34. The van der Waals surface area contributed by atoms with Crippen molar-refractivity contribution in [1.82, 2.24) is 5.32 Å². The molecule has 0 aliphatic carbocycles. The molecule has 0 saturated heterocycles. The van der Waals surface area contributed by atoms with E-state index in [2.05, 4.69) is 11.4 Å². The van der Waals surface area contributed by atoms with Crippen molar-refractivity contribution in [2.24, 2.45) is 0 Å². The van der Waals surface area contributed by atoms with Crippen LogP contribution in [0.25, 0.3) is 0 Å². The third-order valence-electron chi connectivity index (χ3n) is 3.41. The zero-order valence-electron chi connectivity index (χ0n) is 10.9. The monoisotopic (exact) mass is 248 g/mol. The average molecular weight is 248 g/mol. The van der Waals surface area contributed by atoms with Crippen LogP contribution in [0.2, 0.25) is 0 Å². The van der Waals surface area contributed by atoms with E-state index < -0.39 is 5.54 Å². The summed E-state index contributed by atoms with van der Waals surface area (Å²) in [6.07, 6.45) is 0.648. The SMILES string of the molecule is CCC(CO)(CO)NCc1ccc(C#N)cc1C. The van der Waals surface area contributed by atoms with Gasteiger partial charge in [-0.25, -0.2) is 0 Å². The first kappa shape index (κ1) is 14.7. The Labute approximate surface area is 108 Å². The average Bonchev–Trinajstić information content (AvgIpc) is 2.42. The number of rotatable bonds is 6. The molecule has 0 bridgehead atoms. The van der Waals surface area contributed by atoms with Crippen LogP contribution in [0.1, 0.15) is 30.0 Å². The molecule has 1 aromatic rings. The number of nitrogens with zero attached hydrogens (tertiary/aromatic N) is 1. The zero-order valence-corrected chi connectivity index (χ0v) is 10.9. The minimum atomic E-state index is -0.639. The summed E-state index contributed by atoms with van der Waals surface area (Å²) in [6.45, 7) is 4.23. The fourth-order valence-corrected chi connectivity index (χ4v) is 1.76. The second-order valence-corrected chi connectivity index (χ2v) is 4.56. The Morgan fingerprint density at radius 2 is 2.00 bits per heavy atom. The summed E-state index contributed by atoms with van der Waals surface area (Å²) in [5, 5.41) is 30.7. The lowest BCUT2D eigenvalue weighted by molar-refractivity contribution is 0.0863. The standard InChI is InChI=1S/C14H20N2O2/c1-3-14(9-17,10-18)16-8-13-5-4-12(7-15)6-11(13)2/h4-6,16-18H,3,8-10H2,1-2H3. The Hall–Kier alpha value is -1.41. The first-order valence-electron chi connectivity index (χ1n) is 6.07. The maximum absolute atomic E-state index is 9.34. The minimum Gasteiger partial charge on any atom is -0.394 e. The summed E-state index contributed by atoms with van der Waals surface area (Å²) in [5.41, 5.74) is 2.10. The molecular weight excluding hydrogens is 228 g/mol. The summed E-state index contributed by atoms with van der Waals surface area (Å²) in [7, 11) is 0. The second-order valence-electron chi connectivity index (χ2n) is 4.56. The van der Waals surface area contributed by atoms with Gasteiger partial charge < -0.3 is 15.5 Å². The molecule has 18 heavy (non-hydrogen) atoms. The molecule has 0 saturated carbocycles. The van der Waals surface area contributed by atoms with E-state index in [0.717, 1.165) is 11.1 Å². The van der Waals surface area contributed by atoms with Crippen LogP contribution in [0.5, 0.6) is 0 Å². The highest BCUT2D eigenvalue weighted by molar-refractivity contribution is 5.37. The van der Waals surface area contributed by atoms with Gasteiger partial charge in [0.2, 0.25) is 0 Å². The van der Waals surface area contributed by atoms with E-state index in [1.807, 2.05) is 26.0 Å². The predicted molar refractivity (Wildman–Crippen MR) is 69.9 cm³/mol. The van der Waals surface area contributed by atoms with Crippen molar-refractivity contribution >= 4 is 0 Å². The summed E-state index contributed by atoms with van der Waals surface area (Å²) < 4.78 is 0. The molecule has 0 aromatic heterocycles. The van der Waals surface area contributed by atoms with Crippen molar-refractivity contribution in [2.75, 3.05) is 13.2 Å². The van der Waals surface area contributed by atoms with Crippen molar-refractivity contribution in [3.05, 3.63) is 34.9 Å². The van der Waals surface area contributed by atoms with Crippen molar-refractivity contribution in [1.29, 1.82) is 5.26 Å². The Kier molecular flexibility index (Phi) is 5.29. The zero-order chi connectivity index (χ0) is 13.6. The number of benzene rings is 1. The van der Waals surface area contributed by atoms with Gasteiger partial charge in [-0.15, -0.1) is 0 Å². The van der Waals surface area contributed by atoms with Crippen LogP contribution in [-0.4, -0.2) is 29.0 Å². The first-order valence-corrected chi connectivity index (χ1v) is 6.07. The number of hydrogen-bond donors (Lipinski definition) is 3. The molecule has 0 fully saturated rings. The van der Waals surface area contributed by atoms with Crippen LogP contribution >= 0.6 is 0 Å². The van der Waals surface area contributed by atoms with Crippen LogP contribution in [0.3, 0.4) is 0 Å². The first-order chi connectivity index (χ1) is 8.60. The molecule has 0 radical (unpaired) electrons. The van der Waals surface area contributed by atoms with E-state index in [1.54, 1.807) is 6.07 Å². The molecule has 0 unspecified atom stereocenters. The molecule has 1 aromatic carbocycles. The van der Waals surface area contributed by atoms with Gasteiger partial charge in [-0.1, -0.05) is 13.0 Å². The molecule has 98 valence electrons. The van der Waals surface area contributed by atoms with Gasteiger partial charge in [0.15, 0.2) is 0 Å². The summed E-state index contributed by atoms with van der Waals surface area (Å²) in [5.74, 6) is 0. The van der Waals surface area contributed by atoms with Gasteiger partial charge in [-0.3, -0.25) is 0 Å². The molecule has 3 N–H and O–H groups in total. The number of aliphatic hydroxyl groups excluding tert-OH is 2. The van der Waals surface area contributed by atoms with Crippen LogP contribution in [-0.2, 0) is 6.54 Å². The molecule has 0 aliphatic rings. The van der Waals surface area contributed by atoms with E-state index in [1.165, 1.54) is 0 Å². The van der Waals surface area contributed by atoms with E-state index in [4.69, 9.17) is 5.26 Å². The number of nitriles is 1. The van der Waals surface area contributed by atoms with Gasteiger partial charge in [0.25, 0.3) is 0 Å². The summed E-state index contributed by atoms with van der Waals surface area (Å²) in [4.78, 5) is 0. The Morgan fingerprint density at radius 3 is 2.44 bits per heavy atom. The molecule has 0 amide bonds. The topological polar surface area (TPSA) is 76.3 Å². The van der Waals surface area contributed by atoms with E-state index in [9.17, 15) is 10.2 Å². The van der Waals surface area contributed by atoms with Gasteiger partial charge in [0, 0.05) is 6.54 Å². The van der Waals surface area contributed by atoms with E-state index >= 15 is 0 Å². The van der Waals surface area contributed by atoms with Crippen molar-refractivity contribution in [3.8, 4) is 6.07 Å². The minimum absolute atomic E-state index is 0.102. The fourth-order valence-electron chi connectivity index (χ4n) is 1.76. The van der Waals surface area contributed by atoms with Crippen molar-refractivity contribution in [3.63, 3.8) is 0 Å². The number of aliphatic hydroxyl groups is 2. The smallest absolute Gasteiger partial charge is 0.0991 e. The fraction of sp³-hybridized carbons (Fsp3) is 0.500. The summed E-state index contributed by atoms with van der Waals surface area (Å²) >= 11 is 0. The van der Waals surface area contributed by atoms with Gasteiger partial charge in [-0.05, 0) is 36.6 Å². The second kappa shape index (κ2) is 6.50. The van der Waals surface area contributed by atoms with Crippen molar-refractivity contribution < 1.29 is 10.2 Å². The lowest BCUT2D eigenvalue weighted by Gasteiger charge is -2.30. The molecule has 0 aliphatic heterocycles. The number of aryl methyl sites for hydroxylation is 1. The largest absolute Gasteiger partial charge is 0.394 e. The molecule has 0 atom stereocenters. The van der Waals surface area contributed by atoms with Gasteiger partial charge >= 0.3 is 0 Å². The molecule has 4 heteroatoms. The highest BCUT2D eigenvalue weighted by atomic mass is 16.3. The normalized spacial score (nSPS) is 11.3. The molecular formula is C14H20N2O2. The highest BCUT2D eigenvalue weighted by Crippen LogP contribution is 2.14. The Balaban J connectivity index is 2.77. The summed E-state index contributed by atoms with van der Waals surface area (Å²) in [6, 6.07) is 7.61. The Morgan fingerprint density at radius 1 is 1.33 bits per heavy atom. The van der Waals surface area contributed by atoms with Gasteiger partial charge in [0.05, 0.1) is 30.4 Å². The van der Waals surface area contributed by atoms with Crippen LogP contribution in [0.4, 0.5) is 0 Å². The lowest BCUT2D eigenvalue weighted by atomic mass is 9.97. The van der Waals surface area contributed by atoms with Crippen LogP contribution < -0.4 is 5.32 Å². The quantitative estimate of drug-likeness (QED) is 0.704. The third-order valence-corrected chi connectivity index (χ3v) is 3.41. The van der Waals surface area contributed by atoms with Crippen LogP contribution in [0, 0.1) is 18.3 Å². The Bertz CT molecular complexity index is 426. The number of hydrogen-bond acceptors (Lipinski definition) is 4. The van der Waals surface area contributed by atoms with E-state index in [0.29, 0.717) is 18.5 Å². The highest BCUT2D eigenvalue weighted by Gasteiger charge is 2.25. The van der Waals surface area contributed by atoms with Gasteiger partial charge in [-0.2, -0.15) is 5.26 Å². The molecule has 0 spiro atoms. The predicted octanol–water partition coefficient (Wildman–Crippen LogP) is 1.09. The van der Waals surface area contributed by atoms with E-state index in [-0.39, 0.29) is 13.2 Å². The van der Waals surface area contributed by atoms with Crippen molar-refractivity contribution in [2.45, 2.75) is 32.4 Å². The third kappa shape index (κ3) is 3.30. The molecule has 0 heterocycles. The lowest BCUT2D eigenvalue weighted by Crippen LogP contribution is -2.50.